The summed E-state index contributed by atoms with van der Waals surface area (Å²) in [6.07, 6.45) is 6.33. The zero-order valence-corrected chi connectivity index (χ0v) is 10.7. The molecule has 2 amide bonds. The van der Waals surface area contributed by atoms with Crippen LogP contribution in [0, 0.1) is 0 Å². The molecule has 100 valence electrons. The Morgan fingerprint density at radius 3 is 2.72 bits per heavy atom. The lowest BCUT2D eigenvalue weighted by Gasteiger charge is -2.33. The van der Waals surface area contributed by atoms with Crippen molar-refractivity contribution in [1.82, 2.24) is 15.5 Å². The molecule has 1 aliphatic carbocycles. The van der Waals surface area contributed by atoms with Gasteiger partial charge >= 0.3 is 0 Å². The number of carbonyl (C=O) groups excluding carboxylic acids is 2. The van der Waals surface area contributed by atoms with Gasteiger partial charge in [-0.2, -0.15) is 0 Å². The summed E-state index contributed by atoms with van der Waals surface area (Å²) < 4.78 is 0. The molecule has 1 saturated heterocycles. The molecule has 0 bridgehead atoms. The minimum atomic E-state index is -0.289. The highest BCUT2D eigenvalue weighted by molar-refractivity contribution is 5.87. The summed E-state index contributed by atoms with van der Waals surface area (Å²) in [7, 11) is 0. The number of carbonyl (C=O) groups is 2. The largest absolute Gasteiger partial charge is 0.353 e. The summed E-state index contributed by atoms with van der Waals surface area (Å²) in [6.45, 7) is 4.93. The highest BCUT2D eigenvalue weighted by atomic mass is 16.2. The Morgan fingerprint density at radius 2 is 2.17 bits per heavy atom. The molecule has 0 spiro atoms. The number of nitrogens with zero attached hydrogens (tertiary/aromatic N) is 1. The Labute approximate surface area is 108 Å². The van der Waals surface area contributed by atoms with Gasteiger partial charge in [0.2, 0.25) is 11.8 Å². The van der Waals surface area contributed by atoms with E-state index < -0.39 is 0 Å². The van der Waals surface area contributed by atoms with E-state index >= 15 is 0 Å². The van der Waals surface area contributed by atoms with E-state index in [9.17, 15) is 9.59 Å². The maximum absolute atomic E-state index is 12.4. The summed E-state index contributed by atoms with van der Waals surface area (Å²) in [5.41, 5.74) is 0. The number of amides is 2. The molecule has 1 heterocycles. The van der Waals surface area contributed by atoms with Crippen molar-refractivity contribution in [2.24, 2.45) is 0 Å². The van der Waals surface area contributed by atoms with Gasteiger partial charge in [0.05, 0.1) is 6.54 Å². The minimum Gasteiger partial charge on any atom is -0.353 e. The van der Waals surface area contributed by atoms with Gasteiger partial charge in [-0.15, -0.1) is 6.58 Å². The third-order valence-corrected chi connectivity index (χ3v) is 3.68. The predicted molar refractivity (Wildman–Crippen MR) is 69.0 cm³/mol. The van der Waals surface area contributed by atoms with E-state index in [4.69, 9.17) is 0 Å². The van der Waals surface area contributed by atoms with E-state index in [2.05, 4.69) is 17.2 Å². The molecule has 5 nitrogen and oxygen atoms in total. The Bertz CT molecular complexity index is 327. The Hall–Kier alpha value is -1.36. The van der Waals surface area contributed by atoms with Gasteiger partial charge in [0.1, 0.15) is 6.04 Å². The van der Waals surface area contributed by atoms with Crippen LogP contribution < -0.4 is 10.6 Å². The van der Waals surface area contributed by atoms with Gasteiger partial charge in [-0.1, -0.05) is 18.9 Å². The van der Waals surface area contributed by atoms with Gasteiger partial charge < -0.3 is 10.2 Å². The SMILES string of the molecule is C=CCN(C(=O)C1CNC(=O)CN1)C1CCCC1. The summed E-state index contributed by atoms with van der Waals surface area (Å²) in [4.78, 5) is 25.4. The first kappa shape index (κ1) is 13.1. The lowest BCUT2D eigenvalue weighted by Crippen LogP contribution is -2.59. The second-order valence-corrected chi connectivity index (χ2v) is 4.96. The van der Waals surface area contributed by atoms with Crippen molar-refractivity contribution in [3.8, 4) is 0 Å². The number of hydrogen-bond donors (Lipinski definition) is 2. The highest BCUT2D eigenvalue weighted by Crippen LogP contribution is 2.24. The molecule has 1 unspecified atom stereocenters. The van der Waals surface area contributed by atoms with Crippen molar-refractivity contribution in [2.45, 2.75) is 37.8 Å². The Balaban J connectivity index is 1.98. The normalized spacial score (nSPS) is 24.7. The topological polar surface area (TPSA) is 61.4 Å². The van der Waals surface area contributed by atoms with E-state index in [-0.39, 0.29) is 24.4 Å². The molecule has 1 aliphatic heterocycles. The van der Waals surface area contributed by atoms with Gasteiger partial charge in [0.25, 0.3) is 0 Å². The molecule has 2 N–H and O–H groups in total. The zero-order chi connectivity index (χ0) is 13.0. The van der Waals surface area contributed by atoms with Crippen molar-refractivity contribution in [1.29, 1.82) is 0 Å². The fourth-order valence-corrected chi connectivity index (χ4v) is 2.72. The first-order chi connectivity index (χ1) is 8.72. The first-order valence-electron chi connectivity index (χ1n) is 6.64. The molecule has 5 heteroatoms. The van der Waals surface area contributed by atoms with Crippen LogP contribution in [0.2, 0.25) is 0 Å². The van der Waals surface area contributed by atoms with Gasteiger partial charge in [-0.05, 0) is 12.8 Å². The average molecular weight is 251 g/mol. The smallest absolute Gasteiger partial charge is 0.242 e. The molecule has 0 aromatic carbocycles. The number of rotatable bonds is 4. The monoisotopic (exact) mass is 251 g/mol. The van der Waals surface area contributed by atoms with E-state index in [0.29, 0.717) is 19.1 Å². The van der Waals surface area contributed by atoms with E-state index in [1.165, 1.54) is 12.8 Å². The van der Waals surface area contributed by atoms with Crippen LogP contribution in [-0.4, -0.2) is 48.4 Å². The molecule has 0 aromatic heterocycles. The van der Waals surface area contributed by atoms with Crippen LogP contribution in [0.1, 0.15) is 25.7 Å². The molecule has 2 aliphatic rings. The lowest BCUT2D eigenvalue weighted by atomic mass is 10.1. The second-order valence-electron chi connectivity index (χ2n) is 4.96. The first-order valence-corrected chi connectivity index (χ1v) is 6.64. The fraction of sp³-hybridized carbons (Fsp3) is 0.692. The second kappa shape index (κ2) is 6.00. The lowest BCUT2D eigenvalue weighted by molar-refractivity contribution is -0.136. The Morgan fingerprint density at radius 1 is 1.44 bits per heavy atom. The van der Waals surface area contributed by atoms with E-state index in [1.54, 1.807) is 6.08 Å². The Kier molecular flexibility index (Phi) is 4.36. The summed E-state index contributed by atoms with van der Waals surface area (Å²) in [6, 6.07) is 0.0539. The molecule has 2 fully saturated rings. The van der Waals surface area contributed by atoms with Gasteiger partial charge in [-0.3, -0.25) is 14.9 Å². The predicted octanol–water partition coefficient (Wildman–Crippen LogP) is 0.0316. The molecule has 2 rings (SSSR count). The average Bonchev–Trinajstić information content (AvgIpc) is 2.90. The number of piperazine rings is 1. The van der Waals surface area contributed by atoms with Gasteiger partial charge in [0, 0.05) is 19.1 Å². The van der Waals surface area contributed by atoms with E-state index in [1.807, 2.05) is 4.90 Å². The fourth-order valence-electron chi connectivity index (χ4n) is 2.72. The van der Waals surface area contributed by atoms with Gasteiger partial charge in [-0.25, -0.2) is 0 Å². The van der Waals surface area contributed by atoms with Crippen LogP contribution in [0.15, 0.2) is 12.7 Å². The van der Waals surface area contributed by atoms with Crippen LogP contribution in [0.4, 0.5) is 0 Å². The summed E-state index contributed by atoms with van der Waals surface area (Å²) >= 11 is 0. The quantitative estimate of drug-likeness (QED) is 0.693. The third-order valence-electron chi connectivity index (χ3n) is 3.68. The van der Waals surface area contributed by atoms with E-state index in [0.717, 1.165) is 12.8 Å². The standard InChI is InChI=1S/C13H21N3O2/c1-2-7-16(10-5-3-4-6-10)13(18)11-8-15-12(17)9-14-11/h2,10-11,14H,1,3-9H2,(H,15,17). The van der Waals surface area contributed by atoms with Crippen LogP contribution in [0.3, 0.4) is 0 Å². The van der Waals surface area contributed by atoms with Crippen molar-refractivity contribution < 1.29 is 9.59 Å². The third kappa shape index (κ3) is 2.90. The van der Waals surface area contributed by atoms with Crippen LogP contribution in [0.25, 0.3) is 0 Å². The molecular formula is C13H21N3O2. The minimum absolute atomic E-state index is 0.0461. The van der Waals surface area contributed by atoms with Crippen LogP contribution in [0.5, 0.6) is 0 Å². The highest BCUT2D eigenvalue weighted by Gasteiger charge is 2.32. The molecule has 0 radical (unpaired) electrons. The number of nitrogens with one attached hydrogen (secondary N) is 2. The maximum Gasteiger partial charge on any atom is 0.242 e. The van der Waals surface area contributed by atoms with Crippen LogP contribution >= 0.6 is 0 Å². The molecule has 0 aromatic rings. The summed E-state index contributed by atoms with van der Waals surface area (Å²) in [5, 5.41) is 5.72. The molecular weight excluding hydrogens is 230 g/mol. The van der Waals surface area contributed by atoms with Crippen LogP contribution in [-0.2, 0) is 9.59 Å². The summed E-state index contributed by atoms with van der Waals surface area (Å²) in [5.74, 6) is 0.0389. The van der Waals surface area contributed by atoms with Gasteiger partial charge in [0.15, 0.2) is 0 Å². The molecule has 18 heavy (non-hydrogen) atoms. The van der Waals surface area contributed by atoms with Crippen molar-refractivity contribution >= 4 is 11.8 Å². The van der Waals surface area contributed by atoms with Crippen molar-refractivity contribution in [2.75, 3.05) is 19.6 Å². The number of hydrogen-bond acceptors (Lipinski definition) is 3. The molecule has 1 atom stereocenters. The maximum atomic E-state index is 12.4. The van der Waals surface area contributed by atoms with Crippen molar-refractivity contribution in [3.05, 3.63) is 12.7 Å². The van der Waals surface area contributed by atoms with Crippen molar-refractivity contribution in [3.63, 3.8) is 0 Å². The molecule has 1 saturated carbocycles. The zero-order valence-electron chi connectivity index (χ0n) is 10.7.